The molecule has 1 aliphatic rings. The second-order valence-corrected chi connectivity index (χ2v) is 8.53. The number of carbonyl (C=O) groups excluding carboxylic acids is 2. The monoisotopic (exact) mass is 494 g/mol. The van der Waals surface area contributed by atoms with Crippen molar-refractivity contribution in [1.29, 1.82) is 0 Å². The fraction of sp³-hybridized carbons (Fsp3) is 0.167. The number of carbonyl (C=O) groups is 2. The minimum absolute atomic E-state index is 0.140. The number of non-ortho nitro benzene ring substituents is 1. The molecule has 0 aliphatic carbocycles. The molecule has 4 rings (SSSR count). The Morgan fingerprint density at radius 1 is 1.06 bits per heavy atom. The number of nitro benzene ring substituents is 1. The van der Waals surface area contributed by atoms with Crippen molar-refractivity contribution in [2.45, 2.75) is 18.4 Å². The van der Waals surface area contributed by atoms with Gasteiger partial charge in [-0.1, -0.05) is 46.3 Å². The third-order valence-corrected chi connectivity index (χ3v) is 6.07. The van der Waals surface area contributed by atoms with Crippen LogP contribution in [0.5, 0.6) is 0 Å². The Bertz CT molecular complexity index is 1200. The van der Waals surface area contributed by atoms with Gasteiger partial charge in [-0.3, -0.25) is 19.7 Å². The number of rotatable bonds is 7. The van der Waals surface area contributed by atoms with Gasteiger partial charge in [0.2, 0.25) is 0 Å². The van der Waals surface area contributed by atoms with Crippen LogP contribution in [0.25, 0.3) is 0 Å². The SMILES string of the molecule is O=C(C[C@]1(O)C(=O)N(CCc2ccccc2)c2ccc(Br)cc21)c1ccc([N+](=O)[O-])cc1. The van der Waals surface area contributed by atoms with Crippen LogP contribution >= 0.6 is 15.9 Å². The summed E-state index contributed by atoms with van der Waals surface area (Å²) in [6.07, 6.45) is 0.128. The van der Waals surface area contributed by atoms with Gasteiger partial charge in [-0.25, -0.2) is 0 Å². The van der Waals surface area contributed by atoms with Crippen LogP contribution in [0.1, 0.15) is 27.9 Å². The zero-order chi connectivity index (χ0) is 22.9. The third kappa shape index (κ3) is 4.06. The summed E-state index contributed by atoms with van der Waals surface area (Å²) in [5, 5.41) is 22.3. The Kier molecular flexibility index (Phi) is 5.90. The molecular formula is C24H19BrN2O5. The molecule has 8 heteroatoms. The van der Waals surface area contributed by atoms with Gasteiger partial charge in [0.1, 0.15) is 0 Å². The first kappa shape index (κ1) is 21.9. The summed E-state index contributed by atoms with van der Waals surface area (Å²) in [5.41, 5.74) is 0.00800. The number of nitro groups is 1. The highest BCUT2D eigenvalue weighted by Crippen LogP contribution is 2.44. The highest BCUT2D eigenvalue weighted by atomic mass is 79.9. The van der Waals surface area contributed by atoms with E-state index < -0.39 is 28.6 Å². The van der Waals surface area contributed by atoms with E-state index in [2.05, 4.69) is 15.9 Å². The Balaban J connectivity index is 1.62. The van der Waals surface area contributed by atoms with Crippen LogP contribution in [-0.4, -0.2) is 28.3 Å². The Morgan fingerprint density at radius 2 is 1.75 bits per heavy atom. The summed E-state index contributed by atoms with van der Waals surface area (Å²) in [6.45, 7) is 0.353. The molecule has 1 atom stereocenters. The van der Waals surface area contributed by atoms with Gasteiger partial charge in [-0.2, -0.15) is 0 Å². The second-order valence-electron chi connectivity index (χ2n) is 7.62. The molecule has 0 unspecified atom stereocenters. The van der Waals surface area contributed by atoms with Crippen LogP contribution < -0.4 is 4.90 Å². The van der Waals surface area contributed by atoms with E-state index in [9.17, 15) is 24.8 Å². The van der Waals surface area contributed by atoms with Crippen molar-refractivity contribution in [2.75, 3.05) is 11.4 Å². The average Bonchev–Trinajstić information content (AvgIpc) is 2.99. The average molecular weight is 495 g/mol. The van der Waals surface area contributed by atoms with Crippen molar-refractivity contribution >= 4 is 39.0 Å². The van der Waals surface area contributed by atoms with Crippen molar-refractivity contribution in [3.8, 4) is 0 Å². The lowest BCUT2D eigenvalue weighted by Crippen LogP contribution is -2.42. The normalized spacial score (nSPS) is 17.3. The number of fused-ring (bicyclic) bond motifs is 1. The van der Waals surface area contributed by atoms with Crippen molar-refractivity contribution in [3.05, 3.63) is 104 Å². The van der Waals surface area contributed by atoms with Crippen LogP contribution in [0.3, 0.4) is 0 Å². The predicted octanol–water partition coefficient (Wildman–Crippen LogP) is 4.41. The molecule has 1 N–H and O–H groups in total. The minimum atomic E-state index is -2.02. The second kappa shape index (κ2) is 8.64. The van der Waals surface area contributed by atoms with E-state index in [0.29, 0.717) is 28.7 Å². The molecule has 3 aromatic carbocycles. The lowest BCUT2D eigenvalue weighted by Gasteiger charge is -2.23. The molecule has 32 heavy (non-hydrogen) atoms. The van der Waals surface area contributed by atoms with E-state index in [1.54, 1.807) is 18.2 Å². The highest BCUT2D eigenvalue weighted by molar-refractivity contribution is 9.10. The number of aliphatic hydroxyl groups is 1. The highest BCUT2D eigenvalue weighted by Gasteiger charge is 2.50. The van der Waals surface area contributed by atoms with Crippen LogP contribution in [-0.2, 0) is 16.8 Å². The number of benzene rings is 3. The Morgan fingerprint density at radius 3 is 2.41 bits per heavy atom. The molecule has 1 aliphatic heterocycles. The van der Waals surface area contributed by atoms with Crippen molar-refractivity contribution < 1.29 is 19.6 Å². The standard InChI is InChI=1S/C24H19BrN2O5/c25-18-8-11-21-20(14-18)24(30,15-22(28)17-6-9-19(10-7-17)27(31)32)23(29)26(21)13-12-16-4-2-1-3-5-16/h1-11,14,30H,12-13,15H2/t24-/m1/s1. The van der Waals surface area contributed by atoms with Gasteiger partial charge in [0.25, 0.3) is 11.6 Å². The van der Waals surface area contributed by atoms with Gasteiger partial charge >= 0.3 is 0 Å². The topological polar surface area (TPSA) is 101 Å². The molecule has 0 saturated carbocycles. The molecule has 0 spiro atoms. The van der Waals surface area contributed by atoms with E-state index in [1.165, 1.54) is 29.2 Å². The van der Waals surface area contributed by atoms with Gasteiger partial charge in [0.05, 0.1) is 17.0 Å². The molecule has 0 saturated heterocycles. The zero-order valence-electron chi connectivity index (χ0n) is 16.9. The van der Waals surface area contributed by atoms with Gasteiger partial charge < -0.3 is 10.0 Å². The fourth-order valence-corrected chi connectivity index (χ4v) is 4.27. The molecule has 0 bridgehead atoms. The molecule has 7 nitrogen and oxygen atoms in total. The van der Waals surface area contributed by atoms with E-state index >= 15 is 0 Å². The molecule has 0 aromatic heterocycles. The maximum atomic E-state index is 13.3. The van der Waals surface area contributed by atoms with Crippen LogP contribution in [0, 0.1) is 10.1 Å². The Labute approximate surface area is 192 Å². The van der Waals surface area contributed by atoms with Crippen LogP contribution in [0.15, 0.2) is 77.3 Å². The van der Waals surface area contributed by atoms with E-state index in [1.807, 2.05) is 30.3 Å². The van der Waals surface area contributed by atoms with Gasteiger partial charge in [0, 0.05) is 34.3 Å². The van der Waals surface area contributed by atoms with Crippen molar-refractivity contribution in [2.24, 2.45) is 0 Å². The first-order chi connectivity index (χ1) is 15.3. The molecule has 162 valence electrons. The van der Waals surface area contributed by atoms with Crippen LogP contribution in [0.2, 0.25) is 0 Å². The van der Waals surface area contributed by atoms with Gasteiger partial charge in [0.15, 0.2) is 11.4 Å². The largest absolute Gasteiger partial charge is 0.375 e. The summed E-state index contributed by atoms with van der Waals surface area (Å²) < 4.78 is 0.676. The molecule has 0 fully saturated rings. The number of ketones is 1. The molecule has 3 aromatic rings. The first-order valence-electron chi connectivity index (χ1n) is 9.95. The lowest BCUT2D eigenvalue weighted by atomic mass is 9.88. The maximum Gasteiger partial charge on any atom is 0.269 e. The number of anilines is 1. The van der Waals surface area contributed by atoms with E-state index in [4.69, 9.17) is 0 Å². The summed E-state index contributed by atoms with van der Waals surface area (Å²) in [7, 11) is 0. The summed E-state index contributed by atoms with van der Waals surface area (Å²) in [5.74, 6) is -1.04. The number of Topliss-reactive ketones (excluding diaryl/α,β-unsaturated/α-hetero) is 1. The van der Waals surface area contributed by atoms with Crippen LogP contribution in [0.4, 0.5) is 11.4 Å². The van der Waals surface area contributed by atoms with E-state index in [0.717, 1.165) is 5.56 Å². The molecular weight excluding hydrogens is 476 g/mol. The van der Waals surface area contributed by atoms with Crippen molar-refractivity contribution in [1.82, 2.24) is 0 Å². The summed E-state index contributed by atoms with van der Waals surface area (Å²) in [6, 6.07) is 20.0. The number of hydrogen-bond donors (Lipinski definition) is 1. The summed E-state index contributed by atoms with van der Waals surface area (Å²) >= 11 is 3.38. The Hall–Kier alpha value is -3.36. The predicted molar refractivity (Wildman–Crippen MR) is 123 cm³/mol. The minimum Gasteiger partial charge on any atom is -0.375 e. The fourth-order valence-electron chi connectivity index (χ4n) is 3.90. The number of amides is 1. The summed E-state index contributed by atoms with van der Waals surface area (Å²) in [4.78, 5) is 38.1. The smallest absolute Gasteiger partial charge is 0.269 e. The van der Waals surface area contributed by atoms with Gasteiger partial charge in [-0.05, 0) is 42.3 Å². The van der Waals surface area contributed by atoms with Gasteiger partial charge in [-0.15, -0.1) is 0 Å². The molecule has 1 heterocycles. The van der Waals surface area contributed by atoms with E-state index in [-0.39, 0.29) is 11.3 Å². The van der Waals surface area contributed by atoms with Crippen molar-refractivity contribution in [3.63, 3.8) is 0 Å². The zero-order valence-corrected chi connectivity index (χ0v) is 18.5. The number of hydrogen-bond acceptors (Lipinski definition) is 5. The molecule has 0 radical (unpaired) electrons. The quantitative estimate of drug-likeness (QED) is 0.297. The number of halogens is 1. The third-order valence-electron chi connectivity index (χ3n) is 5.58. The first-order valence-corrected chi connectivity index (χ1v) is 10.7. The number of nitrogens with zero attached hydrogens (tertiary/aromatic N) is 2. The maximum absolute atomic E-state index is 13.3. The lowest BCUT2D eigenvalue weighted by molar-refractivity contribution is -0.384. The molecule has 1 amide bonds.